The van der Waals surface area contributed by atoms with Gasteiger partial charge in [0.15, 0.2) is 5.82 Å². The Bertz CT molecular complexity index is 421. The molecule has 17 heavy (non-hydrogen) atoms. The first-order valence-electron chi connectivity index (χ1n) is 6.15. The average Bonchev–Trinajstić information content (AvgIpc) is 2.60. The maximum Gasteiger partial charge on any atom is 0.293 e. The molecular weight excluding hydrogens is 216 g/mol. The molecule has 0 aromatic carbocycles. The molecule has 1 N–H and O–H groups in total. The van der Waals surface area contributed by atoms with Crippen molar-refractivity contribution in [3.8, 4) is 0 Å². The third kappa shape index (κ3) is 2.66. The van der Waals surface area contributed by atoms with E-state index in [1.807, 2.05) is 11.9 Å². The highest BCUT2D eigenvalue weighted by Crippen LogP contribution is 2.15. The molecule has 0 saturated carbocycles. The molecule has 5 nitrogen and oxygen atoms in total. The molecule has 2 rings (SSSR count). The van der Waals surface area contributed by atoms with E-state index in [0.717, 1.165) is 32.4 Å². The summed E-state index contributed by atoms with van der Waals surface area (Å²) in [6.45, 7) is 2.09. The van der Waals surface area contributed by atoms with Gasteiger partial charge in [0.05, 0.1) is 0 Å². The number of rotatable bonds is 2. The van der Waals surface area contributed by atoms with Crippen molar-refractivity contribution in [2.24, 2.45) is 7.05 Å². The highest BCUT2D eigenvalue weighted by Gasteiger charge is 2.20. The van der Waals surface area contributed by atoms with Crippen molar-refractivity contribution in [1.82, 2.24) is 14.9 Å². The molecule has 1 aromatic heterocycles. The van der Waals surface area contributed by atoms with Crippen LogP contribution in [-0.4, -0.2) is 35.7 Å². The molecule has 1 atom stereocenters. The molecule has 0 bridgehead atoms. The average molecular weight is 236 g/mol. The SMILES string of the molecule is CN(c1nccn(C)c1=O)C1CCCNCC1. The lowest BCUT2D eigenvalue weighted by molar-refractivity contribution is 0.558. The minimum atomic E-state index is -0.0211. The zero-order chi connectivity index (χ0) is 12.3. The summed E-state index contributed by atoms with van der Waals surface area (Å²) < 4.78 is 1.58. The maximum absolute atomic E-state index is 12.0. The van der Waals surface area contributed by atoms with Crippen LogP contribution in [0.25, 0.3) is 0 Å². The molecule has 1 aromatic rings. The number of hydrogen-bond acceptors (Lipinski definition) is 4. The molecule has 0 aliphatic carbocycles. The van der Waals surface area contributed by atoms with Crippen molar-refractivity contribution in [3.05, 3.63) is 22.7 Å². The predicted octanol–water partition coefficient (Wildman–Crippen LogP) is 0.359. The van der Waals surface area contributed by atoms with Crippen molar-refractivity contribution in [3.63, 3.8) is 0 Å². The number of nitrogens with zero attached hydrogens (tertiary/aromatic N) is 3. The fourth-order valence-electron chi connectivity index (χ4n) is 2.29. The summed E-state index contributed by atoms with van der Waals surface area (Å²) >= 11 is 0. The monoisotopic (exact) mass is 236 g/mol. The number of aromatic nitrogens is 2. The zero-order valence-electron chi connectivity index (χ0n) is 10.5. The second kappa shape index (κ2) is 5.31. The Hall–Kier alpha value is -1.36. The molecule has 1 unspecified atom stereocenters. The van der Waals surface area contributed by atoms with Crippen LogP contribution in [0, 0.1) is 0 Å². The van der Waals surface area contributed by atoms with E-state index < -0.39 is 0 Å². The molecule has 0 amide bonds. The van der Waals surface area contributed by atoms with E-state index >= 15 is 0 Å². The minimum absolute atomic E-state index is 0.0211. The van der Waals surface area contributed by atoms with E-state index in [4.69, 9.17) is 0 Å². The van der Waals surface area contributed by atoms with Gasteiger partial charge in [-0.25, -0.2) is 4.98 Å². The summed E-state index contributed by atoms with van der Waals surface area (Å²) in [7, 11) is 3.73. The summed E-state index contributed by atoms with van der Waals surface area (Å²) in [5.41, 5.74) is -0.0211. The van der Waals surface area contributed by atoms with Crippen LogP contribution in [0.15, 0.2) is 17.2 Å². The third-order valence-corrected chi connectivity index (χ3v) is 3.43. The van der Waals surface area contributed by atoms with E-state index in [0.29, 0.717) is 11.9 Å². The maximum atomic E-state index is 12.0. The molecule has 5 heteroatoms. The number of hydrogen-bond donors (Lipinski definition) is 1. The van der Waals surface area contributed by atoms with Crippen molar-refractivity contribution < 1.29 is 0 Å². The Morgan fingerprint density at radius 3 is 3.12 bits per heavy atom. The molecule has 1 fully saturated rings. The van der Waals surface area contributed by atoms with Gasteiger partial charge in [0.2, 0.25) is 0 Å². The summed E-state index contributed by atoms with van der Waals surface area (Å²) in [6.07, 6.45) is 6.71. The molecule has 94 valence electrons. The molecule has 1 saturated heterocycles. The first-order valence-corrected chi connectivity index (χ1v) is 6.15. The molecule has 1 aliphatic heterocycles. The standard InChI is InChI=1S/C12H20N4O/c1-15-9-8-14-11(12(15)17)16(2)10-4-3-6-13-7-5-10/h8-10,13H,3-7H2,1-2H3. The van der Waals surface area contributed by atoms with Crippen molar-refractivity contribution >= 4 is 5.82 Å². The van der Waals surface area contributed by atoms with Crippen molar-refractivity contribution in [2.75, 3.05) is 25.0 Å². The fraction of sp³-hybridized carbons (Fsp3) is 0.667. The second-order valence-corrected chi connectivity index (χ2v) is 4.61. The number of anilines is 1. The van der Waals surface area contributed by atoms with Crippen LogP contribution in [0.3, 0.4) is 0 Å². The first kappa shape index (κ1) is 12.1. The van der Waals surface area contributed by atoms with Crippen LogP contribution in [0.4, 0.5) is 5.82 Å². The lowest BCUT2D eigenvalue weighted by atomic mass is 10.1. The van der Waals surface area contributed by atoms with E-state index in [1.165, 1.54) is 0 Å². The van der Waals surface area contributed by atoms with Crippen LogP contribution >= 0.6 is 0 Å². The van der Waals surface area contributed by atoms with Crippen molar-refractivity contribution in [1.29, 1.82) is 0 Å². The lowest BCUT2D eigenvalue weighted by Gasteiger charge is -2.27. The van der Waals surface area contributed by atoms with Crippen LogP contribution in [0.1, 0.15) is 19.3 Å². The summed E-state index contributed by atoms with van der Waals surface area (Å²) in [5, 5.41) is 3.38. The van der Waals surface area contributed by atoms with Gasteiger partial charge in [0.1, 0.15) is 0 Å². The van der Waals surface area contributed by atoms with E-state index in [9.17, 15) is 4.79 Å². The third-order valence-electron chi connectivity index (χ3n) is 3.43. The van der Waals surface area contributed by atoms with E-state index in [2.05, 4.69) is 10.3 Å². The molecule has 2 heterocycles. The minimum Gasteiger partial charge on any atom is -0.352 e. The van der Waals surface area contributed by atoms with Crippen LogP contribution in [-0.2, 0) is 7.05 Å². The van der Waals surface area contributed by atoms with Gasteiger partial charge < -0.3 is 14.8 Å². The zero-order valence-corrected chi connectivity index (χ0v) is 10.5. The van der Waals surface area contributed by atoms with Gasteiger partial charge in [-0.1, -0.05) is 0 Å². The van der Waals surface area contributed by atoms with Gasteiger partial charge in [0.25, 0.3) is 5.56 Å². The summed E-state index contributed by atoms with van der Waals surface area (Å²) in [4.78, 5) is 18.2. The van der Waals surface area contributed by atoms with Gasteiger partial charge in [-0.2, -0.15) is 0 Å². The Balaban J connectivity index is 2.20. The predicted molar refractivity (Wildman–Crippen MR) is 68.4 cm³/mol. The summed E-state index contributed by atoms with van der Waals surface area (Å²) in [5.74, 6) is 0.557. The van der Waals surface area contributed by atoms with Gasteiger partial charge in [0, 0.05) is 32.5 Å². The first-order chi connectivity index (χ1) is 8.20. The molecular formula is C12H20N4O. The van der Waals surface area contributed by atoms with Gasteiger partial charge in [-0.05, 0) is 32.4 Å². The summed E-state index contributed by atoms with van der Waals surface area (Å²) in [6, 6.07) is 0.410. The Labute approximate surface area is 101 Å². The number of aryl methyl sites for hydroxylation is 1. The van der Waals surface area contributed by atoms with E-state index in [-0.39, 0.29) is 5.56 Å². The second-order valence-electron chi connectivity index (χ2n) is 4.61. The Morgan fingerprint density at radius 1 is 1.47 bits per heavy atom. The van der Waals surface area contributed by atoms with Crippen LogP contribution in [0.5, 0.6) is 0 Å². The highest BCUT2D eigenvalue weighted by molar-refractivity contribution is 5.35. The largest absolute Gasteiger partial charge is 0.352 e. The van der Waals surface area contributed by atoms with E-state index in [1.54, 1.807) is 24.0 Å². The van der Waals surface area contributed by atoms with Gasteiger partial charge in [-0.15, -0.1) is 0 Å². The molecule has 0 spiro atoms. The normalized spacial score (nSPS) is 20.9. The van der Waals surface area contributed by atoms with Crippen LogP contribution < -0.4 is 15.8 Å². The number of nitrogens with one attached hydrogen (secondary N) is 1. The smallest absolute Gasteiger partial charge is 0.293 e. The highest BCUT2D eigenvalue weighted by atomic mass is 16.1. The quantitative estimate of drug-likeness (QED) is 0.805. The topological polar surface area (TPSA) is 50.2 Å². The Kier molecular flexibility index (Phi) is 3.78. The molecule has 1 aliphatic rings. The van der Waals surface area contributed by atoms with Gasteiger partial charge in [-0.3, -0.25) is 4.79 Å². The van der Waals surface area contributed by atoms with Crippen molar-refractivity contribution in [2.45, 2.75) is 25.3 Å². The van der Waals surface area contributed by atoms with Crippen LogP contribution in [0.2, 0.25) is 0 Å². The van der Waals surface area contributed by atoms with Gasteiger partial charge >= 0.3 is 0 Å². The lowest BCUT2D eigenvalue weighted by Crippen LogP contribution is -2.38. The molecule has 0 radical (unpaired) electrons. The fourth-order valence-corrected chi connectivity index (χ4v) is 2.29. The Morgan fingerprint density at radius 2 is 2.29 bits per heavy atom.